The van der Waals surface area contributed by atoms with E-state index in [2.05, 4.69) is 5.32 Å². The number of carbonyl (C=O) groups excluding carboxylic acids is 1. The van der Waals surface area contributed by atoms with Gasteiger partial charge in [-0.2, -0.15) is 0 Å². The van der Waals surface area contributed by atoms with Crippen LogP contribution in [0.1, 0.15) is 6.42 Å². The van der Waals surface area contributed by atoms with Crippen LogP contribution < -0.4 is 11.1 Å². The molecule has 0 aromatic carbocycles. The van der Waals surface area contributed by atoms with E-state index in [4.69, 9.17) is 5.73 Å². The van der Waals surface area contributed by atoms with Gasteiger partial charge in [-0.3, -0.25) is 4.79 Å². The zero-order chi connectivity index (χ0) is 6.91. The zero-order valence-electron chi connectivity index (χ0n) is 4.98. The summed E-state index contributed by atoms with van der Waals surface area (Å²) in [6, 6.07) is 0. The Hall–Kier alpha value is -0.640. The summed E-state index contributed by atoms with van der Waals surface area (Å²) in [5, 5.41) is 2.72. The quantitative estimate of drug-likeness (QED) is 0.489. The second-order valence-electron chi connectivity index (χ2n) is 2.26. The molecule has 0 radical (unpaired) electrons. The maximum atomic E-state index is 12.9. The van der Waals surface area contributed by atoms with Crippen LogP contribution in [-0.2, 0) is 4.79 Å². The van der Waals surface area contributed by atoms with Crippen molar-refractivity contribution >= 4 is 5.91 Å². The van der Waals surface area contributed by atoms with Crippen LogP contribution >= 0.6 is 0 Å². The summed E-state index contributed by atoms with van der Waals surface area (Å²) in [4.78, 5) is 10.3. The molecule has 1 rings (SSSR count). The fourth-order valence-corrected chi connectivity index (χ4v) is 0.872. The molecule has 4 heteroatoms. The van der Waals surface area contributed by atoms with E-state index in [0.29, 0.717) is 6.54 Å². The first kappa shape index (κ1) is 6.48. The highest BCUT2D eigenvalue weighted by atomic mass is 19.1. The van der Waals surface area contributed by atoms with E-state index in [1.165, 1.54) is 0 Å². The molecule has 0 spiro atoms. The van der Waals surface area contributed by atoms with E-state index in [9.17, 15) is 9.18 Å². The number of alkyl halides is 1. The van der Waals surface area contributed by atoms with Crippen molar-refractivity contribution in [1.82, 2.24) is 5.32 Å². The van der Waals surface area contributed by atoms with Gasteiger partial charge in [-0.25, -0.2) is 4.39 Å². The largest absolute Gasteiger partial charge is 0.367 e. The lowest BCUT2D eigenvalue weighted by Crippen LogP contribution is -2.41. The smallest absolute Gasteiger partial charge is 0.256 e. The molecule has 0 aromatic rings. The van der Waals surface area contributed by atoms with Crippen molar-refractivity contribution in [2.75, 3.05) is 13.1 Å². The van der Waals surface area contributed by atoms with Gasteiger partial charge in [0, 0.05) is 13.0 Å². The molecule has 0 saturated carbocycles. The van der Waals surface area contributed by atoms with E-state index in [1.807, 2.05) is 0 Å². The number of halogens is 1. The summed E-state index contributed by atoms with van der Waals surface area (Å²) in [5.41, 5.74) is 3.00. The Morgan fingerprint density at radius 2 is 2.44 bits per heavy atom. The van der Waals surface area contributed by atoms with Gasteiger partial charge in [-0.05, 0) is 6.54 Å². The molecular weight excluding hydrogens is 123 g/mol. The second-order valence-corrected chi connectivity index (χ2v) is 2.26. The fourth-order valence-electron chi connectivity index (χ4n) is 0.872. The Balaban J connectivity index is 2.61. The Bertz CT molecular complexity index is 131. The molecule has 3 nitrogen and oxygen atoms in total. The van der Waals surface area contributed by atoms with Crippen LogP contribution in [0.5, 0.6) is 0 Å². The van der Waals surface area contributed by atoms with Crippen molar-refractivity contribution in [2.45, 2.75) is 12.1 Å². The highest BCUT2D eigenvalue weighted by Gasteiger charge is 2.39. The van der Waals surface area contributed by atoms with E-state index < -0.39 is 11.6 Å². The third-order valence-electron chi connectivity index (χ3n) is 1.54. The highest BCUT2D eigenvalue weighted by Crippen LogP contribution is 2.18. The van der Waals surface area contributed by atoms with Gasteiger partial charge < -0.3 is 11.1 Å². The van der Waals surface area contributed by atoms with E-state index in [0.717, 1.165) is 0 Å². The number of carbonyl (C=O) groups is 1. The summed E-state index contributed by atoms with van der Waals surface area (Å²) in [6.07, 6.45) is 0.211. The fraction of sp³-hybridized carbons (Fsp3) is 0.800. The first-order chi connectivity index (χ1) is 4.15. The maximum Gasteiger partial charge on any atom is 0.256 e. The molecule has 1 amide bonds. The molecule has 1 heterocycles. The van der Waals surface area contributed by atoms with Gasteiger partial charge in [0.05, 0.1) is 0 Å². The molecule has 9 heavy (non-hydrogen) atoms. The minimum Gasteiger partial charge on any atom is -0.367 e. The third-order valence-corrected chi connectivity index (χ3v) is 1.54. The molecule has 1 unspecified atom stereocenters. The molecule has 0 aliphatic carbocycles. The zero-order valence-corrected chi connectivity index (χ0v) is 4.98. The highest BCUT2D eigenvalue weighted by molar-refractivity contribution is 5.84. The van der Waals surface area contributed by atoms with Crippen molar-refractivity contribution in [3.63, 3.8) is 0 Å². The van der Waals surface area contributed by atoms with Crippen LogP contribution in [0, 0.1) is 0 Å². The minimum absolute atomic E-state index is 0.0718. The molecule has 1 fully saturated rings. The molecular formula is C5H9FN2O. The lowest BCUT2D eigenvalue weighted by molar-refractivity contribution is -0.128. The van der Waals surface area contributed by atoms with E-state index >= 15 is 0 Å². The van der Waals surface area contributed by atoms with E-state index in [1.54, 1.807) is 0 Å². The molecule has 52 valence electrons. The average Bonchev–Trinajstić information content (AvgIpc) is 2.16. The molecule has 3 N–H and O–H groups in total. The van der Waals surface area contributed by atoms with Gasteiger partial charge in [0.1, 0.15) is 0 Å². The molecule has 1 atom stereocenters. The van der Waals surface area contributed by atoms with Crippen LogP contribution in [-0.4, -0.2) is 24.7 Å². The number of primary amides is 1. The SMILES string of the molecule is NC(=O)C1(F)CCNC1. The predicted molar refractivity (Wildman–Crippen MR) is 30.5 cm³/mol. The van der Waals surface area contributed by atoms with Crippen LogP contribution in [0.3, 0.4) is 0 Å². The number of rotatable bonds is 1. The van der Waals surface area contributed by atoms with Crippen molar-refractivity contribution in [1.29, 1.82) is 0 Å². The van der Waals surface area contributed by atoms with E-state index in [-0.39, 0.29) is 13.0 Å². The summed E-state index contributed by atoms with van der Waals surface area (Å²) in [6.45, 7) is 0.613. The monoisotopic (exact) mass is 132 g/mol. The van der Waals surface area contributed by atoms with Gasteiger partial charge in [0.25, 0.3) is 5.91 Å². The normalized spacial score (nSPS) is 34.8. The van der Waals surface area contributed by atoms with Crippen LogP contribution in [0.2, 0.25) is 0 Å². The Morgan fingerprint density at radius 1 is 1.78 bits per heavy atom. The lowest BCUT2D eigenvalue weighted by Gasteiger charge is -2.11. The maximum absolute atomic E-state index is 12.9. The summed E-state index contributed by atoms with van der Waals surface area (Å²) in [7, 11) is 0. The topological polar surface area (TPSA) is 55.1 Å². The van der Waals surface area contributed by atoms with Crippen molar-refractivity contribution in [2.24, 2.45) is 5.73 Å². The summed E-state index contributed by atoms with van der Waals surface area (Å²) < 4.78 is 12.9. The molecule has 1 saturated heterocycles. The Kier molecular flexibility index (Phi) is 1.40. The summed E-state index contributed by atoms with van der Waals surface area (Å²) in [5.74, 6) is -0.854. The average molecular weight is 132 g/mol. The number of hydrogen-bond acceptors (Lipinski definition) is 2. The molecule has 0 bridgehead atoms. The van der Waals surface area contributed by atoms with Crippen molar-refractivity contribution < 1.29 is 9.18 Å². The lowest BCUT2D eigenvalue weighted by atomic mass is 10.1. The number of amides is 1. The molecule has 1 aliphatic heterocycles. The van der Waals surface area contributed by atoms with Crippen molar-refractivity contribution in [3.05, 3.63) is 0 Å². The van der Waals surface area contributed by atoms with Gasteiger partial charge >= 0.3 is 0 Å². The van der Waals surface area contributed by atoms with Crippen LogP contribution in [0.4, 0.5) is 4.39 Å². The number of nitrogens with one attached hydrogen (secondary N) is 1. The predicted octanol–water partition coefficient (Wildman–Crippen LogP) is -0.827. The second kappa shape index (κ2) is 1.95. The van der Waals surface area contributed by atoms with Gasteiger partial charge in [0.2, 0.25) is 5.67 Å². The van der Waals surface area contributed by atoms with Gasteiger partial charge in [0.15, 0.2) is 0 Å². The van der Waals surface area contributed by atoms with Gasteiger partial charge in [-0.15, -0.1) is 0 Å². The number of hydrogen-bond donors (Lipinski definition) is 2. The Morgan fingerprint density at radius 3 is 2.67 bits per heavy atom. The number of nitrogens with two attached hydrogens (primary N) is 1. The molecule has 1 aliphatic rings. The third kappa shape index (κ3) is 1.03. The first-order valence-electron chi connectivity index (χ1n) is 2.85. The summed E-state index contributed by atoms with van der Waals surface area (Å²) >= 11 is 0. The standard InChI is InChI=1S/C5H9FN2O/c6-5(4(7)9)1-2-8-3-5/h8H,1-3H2,(H2,7,9). The van der Waals surface area contributed by atoms with Crippen LogP contribution in [0.25, 0.3) is 0 Å². The van der Waals surface area contributed by atoms with Crippen LogP contribution in [0.15, 0.2) is 0 Å². The minimum atomic E-state index is -1.78. The molecule has 0 aromatic heterocycles. The van der Waals surface area contributed by atoms with Crippen molar-refractivity contribution in [3.8, 4) is 0 Å². The van der Waals surface area contributed by atoms with Gasteiger partial charge in [-0.1, -0.05) is 0 Å². The Labute approximate surface area is 52.4 Å². The first-order valence-corrected chi connectivity index (χ1v) is 2.85.